The quantitative estimate of drug-likeness (QED) is 0.346. The number of halogens is 1. The lowest BCUT2D eigenvalue weighted by Crippen LogP contribution is -2.45. The lowest BCUT2D eigenvalue weighted by Gasteiger charge is -2.23. The highest BCUT2D eigenvalue weighted by molar-refractivity contribution is 5.86. The van der Waals surface area contributed by atoms with Gasteiger partial charge in [-0.05, 0) is 18.6 Å². The van der Waals surface area contributed by atoms with Crippen molar-refractivity contribution in [2.75, 3.05) is 24.8 Å². The van der Waals surface area contributed by atoms with Crippen molar-refractivity contribution in [3.8, 4) is 0 Å². The van der Waals surface area contributed by atoms with E-state index in [2.05, 4.69) is 12.2 Å². The molecule has 1 saturated heterocycles. The van der Waals surface area contributed by atoms with Gasteiger partial charge in [-0.3, -0.25) is 4.79 Å². The van der Waals surface area contributed by atoms with Crippen molar-refractivity contribution >= 4 is 24.0 Å². The summed E-state index contributed by atoms with van der Waals surface area (Å²) in [6.45, 7) is 4.00. The molecule has 1 N–H and O–H groups in total. The highest BCUT2D eigenvalue weighted by Gasteiger charge is 2.31. The second-order valence-corrected chi connectivity index (χ2v) is 8.00. The molecule has 1 aliphatic rings. The van der Waals surface area contributed by atoms with Crippen molar-refractivity contribution in [1.82, 2.24) is 5.32 Å². The largest absolute Gasteiger partial charge is 0.358 e. The van der Waals surface area contributed by atoms with Crippen LogP contribution in [0, 0.1) is 0 Å². The molecular weight excluding hydrogens is 384 g/mol. The van der Waals surface area contributed by atoms with Crippen molar-refractivity contribution in [2.24, 2.45) is 0 Å². The Morgan fingerprint density at radius 3 is 2.07 bits per heavy atom. The molecule has 2 rings (SSSR count). The molecule has 1 aromatic rings. The number of amides is 1. The molecule has 1 unspecified atom stereocenters. The molecule has 1 aliphatic heterocycles. The molecule has 1 atom stereocenters. The summed E-state index contributed by atoms with van der Waals surface area (Å²) >= 11 is 0. The van der Waals surface area contributed by atoms with Gasteiger partial charge in [0.05, 0.1) is 6.61 Å². The van der Waals surface area contributed by atoms with Crippen LogP contribution in [0.3, 0.4) is 0 Å². The second-order valence-electron chi connectivity index (χ2n) is 8.00. The normalized spacial score (nSPS) is 15.9. The van der Waals surface area contributed by atoms with Gasteiger partial charge in [0.25, 0.3) is 0 Å². The Hall–Kier alpha value is -1.26. The minimum atomic E-state index is -0.209. The first-order valence-electron chi connectivity index (χ1n) is 11.5. The van der Waals surface area contributed by atoms with E-state index in [0.717, 1.165) is 18.7 Å². The Labute approximate surface area is 184 Å². The fraction of sp³-hybridized carbons (Fsp3) is 0.708. The summed E-state index contributed by atoms with van der Waals surface area (Å²) in [6, 6.07) is 9.83. The summed E-state index contributed by atoms with van der Waals surface area (Å²) in [7, 11) is 0. The van der Waals surface area contributed by atoms with Gasteiger partial charge in [-0.15, -0.1) is 12.4 Å². The van der Waals surface area contributed by atoms with E-state index in [4.69, 9.17) is 4.74 Å². The van der Waals surface area contributed by atoms with E-state index < -0.39 is 0 Å². The van der Waals surface area contributed by atoms with Crippen molar-refractivity contribution in [3.05, 3.63) is 30.3 Å². The van der Waals surface area contributed by atoms with Crippen molar-refractivity contribution in [2.45, 2.75) is 90.0 Å². The van der Waals surface area contributed by atoms with Gasteiger partial charge in [-0.25, -0.2) is 0 Å². The number of rotatable bonds is 15. The van der Waals surface area contributed by atoms with E-state index in [0.29, 0.717) is 13.3 Å². The van der Waals surface area contributed by atoms with Gasteiger partial charge in [0, 0.05) is 12.2 Å². The Morgan fingerprint density at radius 1 is 0.931 bits per heavy atom. The van der Waals surface area contributed by atoms with Crippen LogP contribution in [0.25, 0.3) is 0 Å². The highest BCUT2D eigenvalue weighted by atomic mass is 35.5. The zero-order valence-electron chi connectivity index (χ0n) is 18.2. The molecule has 0 bridgehead atoms. The molecule has 1 fully saturated rings. The molecule has 0 spiro atoms. The fourth-order valence-electron chi connectivity index (χ4n) is 3.83. The summed E-state index contributed by atoms with van der Waals surface area (Å²) in [6.07, 6.45) is 16.0. The van der Waals surface area contributed by atoms with Crippen LogP contribution in [0.15, 0.2) is 30.3 Å². The topological polar surface area (TPSA) is 41.6 Å². The maximum atomic E-state index is 12.5. The molecule has 1 aromatic carbocycles. The SMILES string of the molecule is CCCCCCCCCCCCCCNC(=O)C1COCN1c1ccccc1.Cl. The Kier molecular flexibility index (Phi) is 14.7. The third-order valence-corrected chi connectivity index (χ3v) is 5.60. The third kappa shape index (κ3) is 10.4. The second kappa shape index (κ2) is 16.5. The van der Waals surface area contributed by atoms with Crippen molar-refractivity contribution < 1.29 is 9.53 Å². The molecule has 0 saturated carbocycles. The van der Waals surface area contributed by atoms with Crippen molar-refractivity contribution in [3.63, 3.8) is 0 Å². The molecule has 0 radical (unpaired) electrons. The van der Waals surface area contributed by atoms with E-state index in [1.165, 1.54) is 70.6 Å². The molecular formula is C24H41ClN2O2. The van der Waals surface area contributed by atoms with E-state index in [1.807, 2.05) is 35.2 Å². The third-order valence-electron chi connectivity index (χ3n) is 5.60. The number of hydrogen-bond donors (Lipinski definition) is 1. The summed E-state index contributed by atoms with van der Waals surface area (Å²) in [5.41, 5.74) is 1.05. The summed E-state index contributed by atoms with van der Waals surface area (Å²) in [5, 5.41) is 3.10. The van der Waals surface area contributed by atoms with Crippen LogP contribution >= 0.6 is 12.4 Å². The number of ether oxygens (including phenoxy) is 1. The summed E-state index contributed by atoms with van der Waals surface area (Å²) < 4.78 is 5.53. The molecule has 1 heterocycles. The predicted molar refractivity (Wildman–Crippen MR) is 125 cm³/mol. The van der Waals surface area contributed by atoms with Gasteiger partial charge < -0.3 is 15.0 Å². The first-order valence-corrected chi connectivity index (χ1v) is 11.5. The standard InChI is InChI=1S/C24H40N2O2.ClH/c1-2-3-4-5-6-7-8-9-10-11-12-16-19-25-24(27)23-20-28-21-26(23)22-17-14-13-15-18-22;/h13-15,17-18,23H,2-12,16,19-21H2,1H3,(H,25,27);1H. The predicted octanol–water partition coefficient (Wildman–Crippen LogP) is 6.09. The van der Waals surface area contributed by atoms with Gasteiger partial charge in [0.2, 0.25) is 5.91 Å². The minimum Gasteiger partial charge on any atom is -0.358 e. The van der Waals surface area contributed by atoms with Crippen LogP contribution in [0.2, 0.25) is 0 Å². The number of carbonyl (C=O) groups excluding carboxylic acids is 1. The number of para-hydroxylation sites is 1. The van der Waals surface area contributed by atoms with Crippen molar-refractivity contribution in [1.29, 1.82) is 0 Å². The van der Waals surface area contributed by atoms with Gasteiger partial charge in [-0.1, -0.05) is 95.8 Å². The number of hydrogen-bond acceptors (Lipinski definition) is 3. The maximum Gasteiger partial charge on any atom is 0.245 e. The zero-order chi connectivity index (χ0) is 19.9. The number of unbranched alkanes of at least 4 members (excludes halogenated alkanes) is 11. The van der Waals surface area contributed by atoms with Gasteiger partial charge in [0.15, 0.2) is 0 Å². The van der Waals surface area contributed by atoms with Crippen LogP contribution in [0.1, 0.15) is 84.0 Å². The van der Waals surface area contributed by atoms with E-state index in [1.54, 1.807) is 0 Å². The number of carbonyl (C=O) groups is 1. The lowest BCUT2D eigenvalue weighted by molar-refractivity contribution is -0.122. The van der Waals surface area contributed by atoms with Crippen LogP contribution in [0.4, 0.5) is 5.69 Å². The number of nitrogens with one attached hydrogen (secondary N) is 1. The molecule has 0 aliphatic carbocycles. The maximum absolute atomic E-state index is 12.5. The monoisotopic (exact) mass is 424 g/mol. The van der Waals surface area contributed by atoms with Gasteiger partial charge in [0.1, 0.15) is 12.8 Å². The smallest absolute Gasteiger partial charge is 0.245 e. The highest BCUT2D eigenvalue weighted by Crippen LogP contribution is 2.21. The zero-order valence-corrected chi connectivity index (χ0v) is 19.1. The molecule has 4 nitrogen and oxygen atoms in total. The van der Waals surface area contributed by atoms with Gasteiger partial charge >= 0.3 is 0 Å². The molecule has 5 heteroatoms. The van der Waals surface area contributed by atoms with Crippen LogP contribution in [-0.4, -0.2) is 31.8 Å². The van der Waals surface area contributed by atoms with E-state index >= 15 is 0 Å². The lowest BCUT2D eigenvalue weighted by atomic mass is 10.1. The van der Waals surface area contributed by atoms with E-state index in [-0.39, 0.29) is 24.4 Å². The first-order chi connectivity index (χ1) is 13.8. The molecule has 0 aromatic heterocycles. The number of anilines is 1. The van der Waals surface area contributed by atoms with Crippen LogP contribution in [-0.2, 0) is 9.53 Å². The Morgan fingerprint density at radius 2 is 1.48 bits per heavy atom. The van der Waals surface area contributed by atoms with Gasteiger partial charge in [-0.2, -0.15) is 0 Å². The first kappa shape index (κ1) is 25.8. The fourth-order valence-corrected chi connectivity index (χ4v) is 3.83. The van der Waals surface area contributed by atoms with E-state index in [9.17, 15) is 4.79 Å². The minimum absolute atomic E-state index is 0. The summed E-state index contributed by atoms with van der Waals surface area (Å²) in [5.74, 6) is 0.0874. The molecule has 29 heavy (non-hydrogen) atoms. The number of benzene rings is 1. The molecule has 166 valence electrons. The molecule has 1 amide bonds. The number of nitrogens with zero attached hydrogens (tertiary/aromatic N) is 1. The Bertz CT molecular complexity index is 527. The summed E-state index contributed by atoms with van der Waals surface area (Å²) in [4.78, 5) is 14.5. The van der Waals surface area contributed by atoms with Crippen LogP contribution < -0.4 is 10.2 Å². The van der Waals surface area contributed by atoms with Crippen LogP contribution in [0.5, 0.6) is 0 Å². The Balaban J connectivity index is 0.00000420. The average Bonchev–Trinajstić information content (AvgIpc) is 3.22. The average molecular weight is 425 g/mol.